The molecule has 0 aliphatic heterocycles. The molecule has 1 aliphatic rings. The Balaban J connectivity index is 1.67. The summed E-state index contributed by atoms with van der Waals surface area (Å²) < 4.78 is 5.14. The molecule has 6 nitrogen and oxygen atoms in total. The van der Waals surface area contributed by atoms with Gasteiger partial charge in [0.25, 0.3) is 0 Å². The second-order valence-electron chi connectivity index (χ2n) is 6.53. The molecule has 2 N–H and O–H groups in total. The summed E-state index contributed by atoms with van der Waals surface area (Å²) >= 11 is 1.79. The number of hydrogen-bond donors (Lipinski definition) is 2. The van der Waals surface area contributed by atoms with Gasteiger partial charge in [-0.05, 0) is 55.0 Å². The lowest BCUT2D eigenvalue weighted by atomic mass is 9.97. The van der Waals surface area contributed by atoms with Crippen molar-refractivity contribution in [3.05, 3.63) is 40.0 Å². The number of ether oxygens (including phenoxy) is 1. The van der Waals surface area contributed by atoms with Gasteiger partial charge >= 0.3 is 0 Å². The van der Waals surface area contributed by atoms with Crippen molar-refractivity contribution in [2.24, 2.45) is 5.10 Å². The average Bonchev–Trinajstić information content (AvgIpc) is 3.07. The summed E-state index contributed by atoms with van der Waals surface area (Å²) in [6, 6.07) is 5.11. The van der Waals surface area contributed by atoms with Crippen LogP contribution in [0.1, 0.15) is 41.6 Å². The van der Waals surface area contributed by atoms with Gasteiger partial charge in [0.1, 0.15) is 10.7 Å². The average molecular weight is 382 g/mol. The second-order valence-corrected chi connectivity index (χ2v) is 7.62. The predicted octanol–water partition coefficient (Wildman–Crippen LogP) is 4.29. The van der Waals surface area contributed by atoms with E-state index in [4.69, 9.17) is 9.72 Å². The third-order valence-corrected chi connectivity index (χ3v) is 5.95. The number of benzene rings is 1. The molecule has 1 aromatic carbocycles. The quantitative estimate of drug-likeness (QED) is 0.508. The summed E-state index contributed by atoms with van der Waals surface area (Å²) in [6.45, 7) is 2.06. The van der Waals surface area contributed by atoms with E-state index in [1.807, 2.05) is 0 Å². The molecule has 0 radical (unpaired) electrons. The van der Waals surface area contributed by atoms with Gasteiger partial charge in [-0.3, -0.25) is 5.43 Å². The Morgan fingerprint density at radius 1 is 1.30 bits per heavy atom. The number of nitrogens with one attached hydrogen (secondary N) is 1. The van der Waals surface area contributed by atoms with Gasteiger partial charge in [-0.25, -0.2) is 9.97 Å². The molecule has 0 atom stereocenters. The maximum Gasteiger partial charge on any atom is 0.161 e. The number of phenols is 1. The monoisotopic (exact) mass is 382 g/mol. The number of fused-ring (bicyclic) bond motifs is 3. The Bertz CT molecular complexity index is 1010. The van der Waals surface area contributed by atoms with Crippen LogP contribution in [0.2, 0.25) is 0 Å². The lowest BCUT2D eigenvalue weighted by Crippen LogP contribution is -2.03. The molecule has 2 heterocycles. The number of methoxy groups -OCH3 is 1. The number of nitrogens with zero attached hydrogens (tertiary/aromatic N) is 3. The second kappa shape index (κ2) is 7.52. The summed E-state index contributed by atoms with van der Waals surface area (Å²) in [7, 11) is 1.53. The topological polar surface area (TPSA) is 79.6 Å². The molecule has 2 aromatic heterocycles. The van der Waals surface area contributed by atoms with Gasteiger partial charge in [-0.2, -0.15) is 5.10 Å². The van der Waals surface area contributed by atoms with E-state index in [-0.39, 0.29) is 5.75 Å². The molecule has 0 fully saturated rings. The normalized spacial score (nSPS) is 13.9. The summed E-state index contributed by atoms with van der Waals surface area (Å²) in [6.07, 6.45) is 7.15. The molecule has 0 saturated heterocycles. The first-order chi connectivity index (χ1) is 13.2. The Hall–Kier alpha value is -2.67. The van der Waals surface area contributed by atoms with Gasteiger partial charge < -0.3 is 9.84 Å². The Morgan fingerprint density at radius 2 is 2.15 bits per heavy atom. The number of aromatic nitrogens is 2. The number of phenolic OH excluding ortho intramolecular Hbond substituents is 1. The van der Waals surface area contributed by atoms with Crippen molar-refractivity contribution in [2.75, 3.05) is 12.5 Å². The van der Waals surface area contributed by atoms with E-state index in [9.17, 15) is 5.11 Å². The highest BCUT2D eigenvalue weighted by Crippen LogP contribution is 2.38. The summed E-state index contributed by atoms with van der Waals surface area (Å²) in [5.41, 5.74) is 5.33. The Morgan fingerprint density at radius 3 is 2.96 bits per heavy atom. The lowest BCUT2D eigenvalue weighted by Gasteiger charge is -2.11. The highest BCUT2D eigenvalue weighted by Gasteiger charge is 2.20. The molecular weight excluding hydrogens is 360 g/mol. The van der Waals surface area contributed by atoms with Crippen molar-refractivity contribution < 1.29 is 9.84 Å². The first kappa shape index (κ1) is 17.7. The largest absolute Gasteiger partial charge is 0.504 e. The fourth-order valence-corrected chi connectivity index (χ4v) is 4.66. The molecule has 0 bridgehead atoms. The van der Waals surface area contributed by atoms with Gasteiger partial charge in [0, 0.05) is 11.3 Å². The van der Waals surface area contributed by atoms with Crippen molar-refractivity contribution in [2.45, 2.75) is 39.0 Å². The Labute approximate surface area is 161 Å². The SMILES string of the molecule is CCc1nc(N/N=C\c2ccc(O)c(OC)c2)c2c3c(sc2n1)CCCC3. The summed E-state index contributed by atoms with van der Waals surface area (Å²) in [5.74, 6) is 2.13. The van der Waals surface area contributed by atoms with Crippen LogP contribution in [0.5, 0.6) is 11.5 Å². The van der Waals surface area contributed by atoms with Crippen LogP contribution in [0.4, 0.5) is 5.82 Å². The van der Waals surface area contributed by atoms with Crippen LogP contribution in [-0.2, 0) is 19.3 Å². The minimum atomic E-state index is 0.109. The number of aromatic hydroxyl groups is 1. The van der Waals surface area contributed by atoms with Gasteiger partial charge in [0.15, 0.2) is 17.3 Å². The third kappa shape index (κ3) is 3.47. The number of rotatable bonds is 5. The number of aryl methyl sites for hydroxylation is 3. The lowest BCUT2D eigenvalue weighted by molar-refractivity contribution is 0.373. The first-order valence-corrected chi connectivity index (χ1v) is 9.98. The van der Waals surface area contributed by atoms with E-state index >= 15 is 0 Å². The molecule has 3 aromatic rings. The van der Waals surface area contributed by atoms with Crippen LogP contribution >= 0.6 is 11.3 Å². The summed E-state index contributed by atoms with van der Waals surface area (Å²) in [5, 5.41) is 15.2. The Kier molecular flexibility index (Phi) is 4.94. The molecule has 0 amide bonds. The fourth-order valence-electron chi connectivity index (χ4n) is 3.38. The van der Waals surface area contributed by atoms with Crippen LogP contribution in [0.15, 0.2) is 23.3 Å². The highest BCUT2D eigenvalue weighted by atomic mass is 32.1. The van der Waals surface area contributed by atoms with Crippen LogP contribution in [0.3, 0.4) is 0 Å². The number of thiophene rings is 1. The van der Waals surface area contributed by atoms with Gasteiger partial charge in [-0.1, -0.05) is 6.92 Å². The fraction of sp³-hybridized carbons (Fsp3) is 0.350. The molecule has 140 valence electrons. The van der Waals surface area contributed by atoms with Crippen molar-refractivity contribution in [1.82, 2.24) is 9.97 Å². The van der Waals surface area contributed by atoms with Gasteiger partial charge in [0.05, 0.1) is 18.7 Å². The number of hydrogen-bond acceptors (Lipinski definition) is 7. The summed E-state index contributed by atoms with van der Waals surface area (Å²) in [4.78, 5) is 11.9. The molecular formula is C20H22N4O2S. The highest BCUT2D eigenvalue weighted by molar-refractivity contribution is 7.19. The molecule has 0 spiro atoms. The van der Waals surface area contributed by atoms with Crippen LogP contribution in [0.25, 0.3) is 10.2 Å². The molecule has 1 aliphatic carbocycles. The smallest absolute Gasteiger partial charge is 0.161 e. The maximum atomic E-state index is 9.70. The minimum Gasteiger partial charge on any atom is -0.504 e. The standard InChI is InChI=1S/C20H22N4O2S/c1-3-17-22-19(18-13-6-4-5-7-16(13)27-20(18)23-17)24-21-11-12-8-9-14(25)15(10-12)26-2/h8-11,25H,3-7H2,1-2H3,(H,22,23,24)/b21-11-. The first-order valence-electron chi connectivity index (χ1n) is 9.16. The predicted molar refractivity (Wildman–Crippen MR) is 109 cm³/mol. The van der Waals surface area contributed by atoms with Crippen LogP contribution in [-0.4, -0.2) is 28.4 Å². The minimum absolute atomic E-state index is 0.109. The van der Waals surface area contributed by atoms with Gasteiger partial charge in [-0.15, -0.1) is 11.3 Å². The van der Waals surface area contributed by atoms with E-state index < -0.39 is 0 Å². The molecule has 7 heteroatoms. The van der Waals surface area contributed by atoms with Crippen molar-refractivity contribution in [3.63, 3.8) is 0 Å². The molecule has 0 saturated carbocycles. The van der Waals surface area contributed by atoms with Crippen LogP contribution < -0.4 is 10.2 Å². The zero-order valence-corrected chi connectivity index (χ0v) is 16.3. The van der Waals surface area contributed by atoms with Crippen molar-refractivity contribution >= 4 is 33.6 Å². The molecule has 4 rings (SSSR count). The van der Waals surface area contributed by atoms with E-state index in [2.05, 4.69) is 22.4 Å². The third-order valence-electron chi connectivity index (χ3n) is 4.77. The van der Waals surface area contributed by atoms with Crippen molar-refractivity contribution in [3.8, 4) is 11.5 Å². The van der Waals surface area contributed by atoms with Gasteiger partial charge in [0.2, 0.25) is 0 Å². The van der Waals surface area contributed by atoms with E-state index in [0.29, 0.717) is 5.75 Å². The number of anilines is 1. The molecule has 0 unspecified atom stereocenters. The molecule has 27 heavy (non-hydrogen) atoms. The maximum absolute atomic E-state index is 9.70. The zero-order chi connectivity index (χ0) is 18.8. The zero-order valence-electron chi connectivity index (χ0n) is 15.5. The van der Waals surface area contributed by atoms with E-state index in [0.717, 1.165) is 46.7 Å². The van der Waals surface area contributed by atoms with E-state index in [1.54, 1.807) is 35.8 Å². The number of hydrazone groups is 1. The van der Waals surface area contributed by atoms with Crippen LogP contribution in [0, 0.1) is 0 Å². The van der Waals surface area contributed by atoms with E-state index in [1.165, 1.54) is 30.4 Å². The van der Waals surface area contributed by atoms with Crippen molar-refractivity contribution in [1.29, 1.82) is 0 Å².